The monoisotopic (exact) mass is 465 g/mol. The summed E-state index contributed by atoms with van der Waals surface area (Å²) >= 11 is 3.44. The molecule has 154 valence electrons. The van der Waals surface area contributed by atoms with E-state index in [9.17, 15) is 4.39 Å². The Hall–Kier alpha value is -2.30. The molecule has 1 aromatic carbocycles. The minimum atomic E-state index is -0.314. The number of nitrogens with one attached hydrogen (secondary N) is 1. The number of aromatic nitrogens is 2. The Bertz CT molecular complexity index is 936. The molecule has 8 nitrogen and oxygen atoms in total. The Labute approximate surface area is 175 Å². The van der Waals surface area contributed by atoms with Crippen LogP contribution in [0.25, 0.3) is 0 Å². The molecule has 0 aliphatic carbocycles. The second-order valence-electron chi connectivity index (χ2n) is 6.86. The van der Waals surface area contributed by atoms with Crippen LogP contribution in [0, 0.1) is 12.7 Å². The van der Waals surface area contributed by atoms with E-state index < -0.39 is 0 Å². The molecule has 2 atom stereocenters. The van der Waals surface area contributed by atoms with Crippen LogP contribution in [0.2, 0.25) is 0 Å². The summed E-state index contributed by atoms with van der Waals surface area (Å²) in [5, 5.41) is 7.66. The highest BCUT2D eigenvalue weighted by Gasteiger charge is 2.29. The second-order valence-corrected chi connectivity index (χ2v) is 7.71. The molecule has 0 amide bonds. The summed E-state index contributed by atoms with van der Waals surface area (Å²) in [4.78, 5) is 14.2. The smallest absolute Gasteiger partial charge is 0.220 e. The molecule has 29 heavy (non-hydrogen) atoms. The van der Waals surface area contributed by atoms with Gasteiger partial charge in [-0.2, -0.15) is 0 Å². The first-order valence-corrected chi connectivity index (χ1v) is 10.0. The normalized spacial score (nSPS) is 22.8. The predicted octanol–water partition coefficient (Wildman–Crippen LogP) is 2.25. The molecule has 3 N–H and O–H groups in total. The Morgan fingerprint density at radius 1 is 1.38 bits per heavy atom. The van der Waals surface area contributed by atoms with Gasteiger partial charge >= 0.3 is 0 Å². The van der Waals surface area contributed by atoms with Crippen molar-refractivity contribution in [3.8, 4) is 0 Å². The van der Waals surface area contributed by atoms with Crippen molar-refractivity contribution in [3.63, 3.8) is 0 Å². The van der Waals surface area contributed by atoms with Gasteiger partial charge in [-0.05, 0) is 24.6 Å². The number of nitrogens with two attached hydrogens (primary N) is 1. The highest BCUT2D eigenvalue weighted by atomic mass is 79.9. The molecule has 2 aliphatic heterocycles. The molecule has 4 rings (SSSR count). The van der Waals surface area contributed by atoms with Crippen LogP contribution in [0.3, 0.4) is 0 Å². The highest BCUT2D eigenvalue weighted by Crippen LogP contribution is 2.31. The van der Waals surface area contributed by atoms with Gasteiger partial charge in [-0.25, -0.2) is 14.4 Å². The van der Waals surface area contributed by atoms with E-state index in [-0.39, 0.29) is 30.5 Å². The number of amidine groups is 1. The molecule has 0 radical (unpaired) electrons. The van der Waals surface area contributed by atoms with Crippen molar-refractivity contribution >= 4 is 27.7 Å². The maximum atomic E-state index is 13.5. The van der Waals surface area contributed by atoms with Gasteiger partial charge in [0.1, 0.15) is 18.5 Å². The standard InChI is InChI=1S/C19H21BrFN5O3/c1-10-17-16(25-19(22)23-10)7-15(13-3-2-11(21)6-14(13)20)24-18(17)26-29-9-12-8-27-4-5-28-12/h2-3,6,12,15H,4-5,7-9H2,1H3,(H,24,26)(H2,22,23,25)/t12-,15-/m1/s1. The van der Waals surface area contributed by atoms with Crippen LogP contribution < -0.4 is 11.1 Å². The maximum Gasteiger partial charge on any atom is 0.220 e. The van der Waals surface area contributed by atoms with Gasteiger partial charge in [0.2, 0.25) is 5.95 Å². The Kier molecular flexibility index (Phi) is 5.93. The lowest BCUT2D eigenvalue weighted by Gasteiger charge is -2.29. The van der Waals surface area contributed by atoms with E-state index in [2.05, 4.69) is 36.4 Å². The Morgan fingerprint density at radius 2 is 2.24 bits per heavy atom. The lowest BCUT2D eigenvalue weighted by molar-refractivity contribution is -0.115. The number of nitrogens with zero attached hydrogens (tertiary/aromatic N) is 3. The maximum absolute atomic E-state index is 13.5. The van der Waals surface area contributed by atoms with Crippen molar-refractivity contribution in [2.45, 2.75) is 25.5 Å². The molecule has 1 fully saturated rings. The molecule has 0 bridgehead atoms. The first-order chi connectivity index (χ1) is 14.0. The zero-order valence-corrected chi connectivity index (χ0v) is 17.4. The average molecular weight is 466 g/mol. The van der Waals surface area contributed by atoms with Gasteiger partial charge in [0.15, 0.2) is 5.84 Å². The topological polar surface area (TPSA) is 104 Å². The summed E-state index contributed by atoms with van der Waals surface area (Å²) in [5.74, 6) is 0.390. The lowest BCUT2D eigenvalue weighted by Crippen LogP contribution is -2.38. The predicted molar refractivity (Wildman–Crippen MR) is 108 cm³/mol. The fourth-order valence-corrected chi connectivity index (χ4v) is 4.08. The van der Waals surface area contributed by atoms with Gasteiger partial charge in [-0.3, -0.25) is 0 Å². The molecule has 0 saturated carbocycles. The van der Waals surface area contributed by atoms with Crippen LogP contribution in [0.5, 0.6) is 0 Å². The highest BCUT2D eigenvalue weighted by molar-refractivity contribution is 9.10. The molecule has 2 aliphatic rings. The minimum Gasteiger partial charge on any atom is -0.391 e. The molecule has 3 heterocycles. The van der Waals surface area contributed by atoms with Crippen molar-refractivity contribution in [1.82, 2.24) is 15.3 Å². The van der Waals surface area contributed by atoms with Crippen molar-refractivity contribution < 1.29 is 18.7 Å². The summed E-state index contributed by atoms with van der Waals surface area (Å²) in [6.07, 6.45) is 0.382. The fourth-order valence-electron chi connectivity index (χ4n) is 3.45. The average Bonchev–Trinajstić information content (AvgIpc) is 2.68. The summed E-state index contributed by atoms with van der Waals surface area (Å²) in [7, 11) is 0. The number of hydrogen-bond donors (Lipinski definition) is 2. The molecular weight excluding hydrogens is 445 g/mol. The number of hydrogen-bond acceptors (Lipinski definition) is 7. The van der Waals surface area contributed by atoms with E-state index in [4.69, 9.17) is 20.0 Å². The molecule has 1 aromatic heterocycles. The second kappa shape index (κ2) is 8.60. The zero-order valence-electron chi connectivity index (χ0n) is 15.8. The number of ether oxygens (including phenoxy) is 2. The van der Waals surface area contributed by atoms with E-state index >= 15 is 0 Å². The number of anilines is 1. The van der Waals surface area contributed by atoms with Crippen LogP contribution >= 0.6 is 15.9 Å². The van der Waals surface area contributed by atoms with Gasteiger partial charge in [0.25, 0.3) is 0 Å². The van der Waals surface area contributed by atoms with Crippen LogP contribution in [0.1, 0.15) is 28.6 Å². The minimum absolute atomic E-state index is 0.165. The van der Waals surface area contributed by atoms with Crippen LogP contribution in [0.15, 0.2) is 27.8 Å². The van der Waals surface area contributed by atoms with Crippen molar-refractivity contribution in [2.24, 2.45) is 5.16 Å². The summed E-state index contributed by atoms with van der Waals surface area (Å²) in [6, 6.07) is 4.39. The molecule has 10 heteroatoms. The number of nitrogen functional groups attached to an aromatic ring is 1. The van der Waals surface area contributed by atoms with E-state index in [1.54, 1.807) is 6.07 Å². The van der Waals surface area contributed by atoms with Gasteiger partial charge in [0, 0.05) is 10.9 Å². The first kappa shape index (κ1) is 20.0. The van der Waals surface area contributed by atoms with Gasteiger partial charge in [0.05, 0.1) is 42.8 Å². The number of rotatable bonds is 4. The zero-order chi connectivity index (χ0) is 20.4. The number of oxime groups is 1. The quantitative estimate of drug-likeness (QED) is 0.667. The largest absolute Gasteiger partial charge is 0.391 e. The van der Waals surface area contributed by atoms with Crippen LogP contribution in [-0.4, -0.2) is 48.3 Å². The van der Waals surface area contributed by atoms with Crippen molar-refractivity contribution in [2.75, 3.05) is 32.2 Å². The van der Waals surface area contributed by atoms with E-state index in [0.29, 0.717) is 42.2 Å². The third-order valence-electron chi connectivity index (χ3n) is 4.77. The third kappa shape index (κ3) is 4.49. The van der Waals surface area contributed by atoms with E-state index in [0.717, 1.165) is 16.8 Å². The Morgan fingerprint density at radius 3 is 3.00 bits per heavy atom. The molecule has 0 unspecified atom stereocenters. The molecule has 0 spiro atoms. The molecular formula is C19H21BrFN5O3. The van der Waals surface area contributed by atoms with E-state index in [1.807, 2.05) is 6.92 Å². The lowest BCUT2D eigenvalue weighted by atomic mass is 9.94. The summed E-state index contributed by atoms with van der Waals surface area (Å²) < 4.78 is 25.1. The molecule has 1 saturated heterocycles. The number of fused-ring (bicyclic) bond motifs is 1. The summed E-state index contributed by atoms with van der Waals surface area (Å²) in [5.41, 5.74) is 8.96. The number of halogens is 2. The van der Waals surface area contributed by atoms with Gasteiger partial charge < -0.3 is 25.4 Å². The van der Waals surface area contributed by atoms with Crippen molar-refractivity contribution in [3.05, 3.63) is 51.0 Å². The van der Waals surface area contributed by atoms with E-state index in [1.165, 1.54) is 12.1 Å². The third-order valence-corrected chi connectivity index (χ3v) is 5.45. The van der Waals surface area contributed by atoms with Gasteiger partial charge in [-0.1, -0.05) is 27.2 Å². The Balaban J connectivity index is 1.62. The summed E-state index contributed by atoms with van der Waals surface area (Å²) in [6.45, 7) is 3.71. The number of aryl methyl sites for hydroxylation is 1. The van der Waals surface area contributed by atoms with Crippen molar-refractivity contribution in [1.29, 1.82) is 0 Å². The van der Waals surface area contributed by atoms with Crippen LogP contribution in [-0.2, 0) is 20.7 Å². The van der Waals surface area contributed by atoms with Gasteiger partial charge in [-0.15, -0.1) is 0 Å². The SMILES string of the molecule is Cc1nc(N)nc2c1/C(=N/OC[C@H]1COCCO1)N[C@@H](c1ccc(F)cc1Br)C2. The fraction of sp³-hybridized carbons (Fsp3) is 0.421. The number of benzene rings is 1. The first-order valence-electron chi connectivity index (χ1n) is 9.25. The van der Waals surface area contributed by atoms with Crippen LogP contribution in [0.4, 0.5) is 10.3 Å². The molecule has 2 aromatic rings.